The van der Waals surface area contributed by atoms with Crippen molar-refractivity contribution in [2.45, 2.75) is 33.4 Å². The summed E-state index contributed by atoms with van der Waals surface area (Å²) in [5.41, 5.74) is 1.72. The highest BCUT2D eigenvalue weighted by Crippen LogP contribution is 2.15. The molecule has 0 aliphatic carbocycles. The Bertz CT molecular complexity index is 1240. The van der Waals surface area contributed by atoms with Crippen molar-refractivity contribution in [3.05, 3.63) is 77.3 Å². The molecule has 0 aliphatic rings. The van der Waals surface area contributed by atoms with Gasteiger partial charge in [-0.05, 0) is 49.4 Å². The standard InChI is InChI=1S/C23H24N2O4S2/c1-4-29-22(27)13-21-25(14-20(26)24-16(3)17-8-6-5-7-9-17)23(28)19(31-21)12-18-15(2)10-11-30-18/h5-13,16H,4,14H2,1-3H3,(H,24,26). The van der Waals surface area contributed by atoms with Gasteiger partial charge in [-0.25, -0.2) is 4.79 Å². The highest BCUT2D eigenvalue weighted by Gasteiger charge is 2.14. The lowest BCUT2D eigenvalue weighted by atomic mass is 10.1. The number of thiazole rings is 1. The molecule has 0 bridgehead atoms. The highest BCUT2D eigenvalue weighted by molar-refractivity contribution is 7.11. The maximum Gasteiger partial charge on any atom is 0.333 e. The molecule has 3 aromatic rings. The van der Waals surface area contributed by atoms with E-state index in [-0.39, 0.29) is 30.7 Å². The number of carbonyl (C=O) groups excluding carboxylic acids is 2. The van der Waals surface area contributed by atoms with Gasteiger partial charge in [0.15, 0.2) is 0 Å². The number of benzene rings is 1. The van der Waals surface area contributed by atoms with E-state index >= 15 is 0 Å². The molecule has 162 valence electrons. The first kappa shape index (κ1) is 22.7. The minimum Gasteiger partial charge on any atom is -0.463 e. The van der Waals surface area contributed by atoms with E-state index in [1.54, 1.807) is 13.0 Å². The van der Waals surface area contributed by atoms with Crippen LogP contribution in [-0.2, 0) is 20.9 Å². The van der Waals surface area contributed by atoms with Crippen LogP contribution in [0.1, 0.15) is 35.9 Å². The summed E-state index contributed by atoms with van der Waals surface area (Å²) < 4.78 is 7.16. The lowest BCUT2D eigenvalue weighted by Gasteiger charge is -2.14. The van der Waals surface area contributed by atoms with Gasteiger partial charge in [-0.15, -0.1) is 22.7 Å². The van der Waals surface area contributed by atoms with Crippen molar-refractivity contribution in [2.75, 3.05) is 6.61 Å². The Labute approximate surface area is 188 Å². The summed E-state index contributed by atoms with van der Waals surface area (Å²) >= 11 is 2.70. The predicted molar refractivity (Wildman–Crippen MR) is 125 cm³/mol. The zero-order valence-electron chi connectivity index (χ0n) is 17.6. The molecule has 1 atom stereocenters. The summed E-state index contributed by atoms with van der Waals surface area (Å²) in [6.07, 6.45) is 3.07. The number of hydrogen-bond acceptors (Lipinski definition) is 6. The van der Waals surface area contributed by atoms with Gasteiger partial charge in [0.25, 0.3) is 5.56 Å². The molecule has 8 heteroatoms. The van der Waals surface area contributed by atoms with Gasteiger partial charge in [-0.2, -0.15) is 0 Å². The van der Waals surface area contributed by atoms with Gasteiger partial charge in [0.05, 0.1) is 23.3 Å². The van der Waals surface area contributed by atoms with E-state index in [0.717, 1.165) is 16.0 Å². The Kier molecular flexibility index (Phi) is 7.59. The molecule has 1 N–H and O–H groups in total. The molecule has 6 nitrogen and oxygen atoms in total. The topological polar surface area (TPSA) is 77.4 Å². The molecule has 2 heterocycles. The minimum atomic E-state index is -0.547. The largest absolute Gasteiger partial charge is 0.463 e. The smallest absolute Gasteiger partial charge is 0.333 e. The summed E-state index contributed by atoms with van der Waals surface area (Å²) in [7, 11) is 0. The van der Waals surface area contributed by atoms with E-state index in [0.29, 0.717) is 9.20 Å². The second-order valence-corrected chi connectivity index (χ2v) is 8.91. The zero-order valence-corrected chi connectivity index (χ0v) is 19.2. The van der Waals surface area contributed by atoms with Crippen LogP contribution in [0.3, 0.4) is 0 Å². The second kappa shape index (κ2) is 10.4. The van der Waals surface area contributed by atoms with E-state index in [2.05, 4.69) is 5.32 Å². The fraction of sp³-hybridized carbons (Fsp3) is 0.261. The van der Waals surface area contributed by atoms with Crippen molar-refractivity contribution in [2.24, 2.45) is 0 Å². The van der Waals surface area contributed by atoms with Crippen LogP contribution < -0.4 is 20.1 Å². The number of nitrogens with one attached hydrogen (secondary N) is 1. The van der Waals surface area contributed by atoms with Crippen LogP contribution in [0.15, 0.2) is 46.6 Å². The molecule has 0 radical (unpaired) electrons. The van der Waals surface area contributed by atoms with Crippen molar-refractivity contribution in [3.8, 4) is 0 Å². The molecule has 0 saturated carbocycles. The minimum absolute atomic E-state index is 0.186. The molecule has 2 aromatic heterocycles. The number of ether oxygens (including phenoxy) is 1. The van der Waals surface area contributed by atoms with Crippen LogP contribution >= 0.6 is 22.7 Å². The van der Waals surface area contributed by atoms with Crippen LogP contribution in [0, 0.1) is 6.92 Å². The van der Waals surface area contributed by atoms with Crippen molar-refractivity contribution < 1.29 is 14.3 Å². The first-order valence-corrected chi connectivity index (χ1v) is 11.6. The van der Waals surface area contributed by atoms with Crippen LogP contribution in [0.5, 0.6) is 0 Å². The molecule has 1 amide bonds. The van der Waals surface area contributed by atoms with Gasteiger partial charge >= 0.3 is 5.97 Å². The zero-order chi connectivity index (χ0) is 22.4. The van der Waals surface area contributed by atoms with Crippen molar-refractivity contribution >= 4 is 46.7 Å². The van der Waals surface area contributed by atoms with E-state index in [9.17, 15) is 14.4 Å². The molecule has 0 saturated heterocycles. The van der Waals surface area contributed by atoms with Crippen molar-refractivity contribution in [1.29, 1.82) is 0 Å². The Morgan fingerprint density at radius 3 is 2.61 bits per heavy atom. The molecule has 1 aromatic carbocycles. The third-order valence-corrected chi connectivity index (χ3v) is 6.63. The fourth-order valence-electron chi connectivity index (χ4n) is 2.98. The Balaban J connectivity index is 1.95. The second-order valence-electron chi connectivity index (χ2n) is 6.90. The first-order valence-electron chi connectivity index (χ1n) is 9.87. The van der Waals surface area contributed by atoms with Crippen LogP contribution in [0.25, 0.3) is 12.2 Å². The number of hydrogen-bond donors (Lipinski definition) is 1. The Hall–Kier alpha value is -2.97. The van der Waals surface area contributed by atoms with Crippen molar-refractivity contribution in [1.82, 2.24) is 9.88 Å². The van der Waals surface area contributed by atoms with Crippen LogP contribution in [-0.4, -0.2) is 23.1 Å². The number of nitrogens with zero attached hydrogens (tertiary/aromatic N) is 1. The van der Waals surface area contributed by atoms with Crippen LogP contribution in [0.2, 0.25) is 0 Å². The fourth-order valence-corrected chi connectivity index (χ4v) is 4.93. The molecular formula is C23H24N2O4S2. The average Bonchev–Trinajstić information content (AvgIpc) is 3.27. The SMILES string of the molecule is CCOC(=O)C=c1sc(=Cc2sccc2C)c(=O)n1CC(=O)NC(C)c1ccccc1. The van der Waals surface area contributed by atoms with Gasteiger partial charge in [0.2, 0.25) is 5.91 Å². The maximum absolute atomic E-state index is 13.1. The lowest BCUT2D eigenvalue weighted by molar-refractivity contribution is -0.135. The molecule has 3 rings (SSSR count). The molecule has 0 aliphatic heterocycles. The predicted octanol–water partition coefficient (Wildman–Crippen LogP) is 2.33. The average molecular weight is 457 g/mol. The number of aryl methyl sites for hydroxylation is 1. The van der Waals surface area contributed by atoms with Gasteiger partial charge < -0.3 is 10.1 Å². The summed E-state index contributed by atoms with van der Waals surface area (Å²) in [4.78, 5) is 38.7. The first-order chi connectivity index (χ1) is 14.9. The molecule has 1 unspecified atom stereocenters. The summed E-state index contributed by atoms with van der Waals surface area (Å²) in [6, 6.07) is 11.3. The van der Waals surface area contributed by atoms with Gasteiger partial charge in [0.1, 0.15) is 11.2 Å². The normalized spacial score (nSPS) is 13.3. The Morgan fingerprint density at radius 1 is 1.23 bits per heavy atom. The maximum atomic E-state index is 13.1. The van der Waals surface area contributed by atoms with E-state index in [1.165, 1.54) is 33.3 Å². The number of aromatic nitrogens is 1. The summed E-state index contributed by atoms with van der Waals surface area (Å²) in [5, 5.41) is 4.87. The third kappa shape index (κ3) is 5.80. The molecule has 0 spiro atoms. The summed E-state index contributed by atoms with van der Waals surface area (Å²) in [6.45, 7) is 5.61. The van der Waals surface area contributed by atoms with Gasteiger partial charge in [0, 0.05) is 4.88 Å². The van der Waals surface area contributed by atoms with Gasteiger partial charge in [-0.1, -0.05) is 30.3 Å². The highest BCUT2D eigenvalue weighted by atomic mass is 32.1. The monoisotopic (exact) mass is 456 g/mol. The lowest BCUT2D eigenvalue weighted by Crippen LogP contribution is -2.39. The third-order valence-electron chi connectivity index (χ3n) is 4.61. The number of carbonyl (C=O) groups is 2. The van der Waals surface area contributed by atoms with E-state index in [4.69, 9.17) is 4.74 Å². The van der Waals surface area contributed by atoms with Gasteiger partial charge in [-0.3, -0.25) is 14.2 Å². The number of rotatable bonds is 7. The Morgan fingerprint density at radius 2 is 1.97 bits per heavy atom. The number of esters is 1. The van der Waals surface area contributed by atoms with Crippen LogP contribution in [0.4, 0.5) is 0 Å². The molecule has 0 fully saturated rings. The molecule has 31 heavy (non-hydrogen) atoms. The van der Waals surface area contributed by atoms with Crippen molar-refractivity contribution in [3.63, 3.8) is 0 Å². The molecular weight excluding hydrogens is 432 g/mol. The number of amides is 1. The van der Waals surface area contributed by atoms with E-state index < -0.39 is 5.97 Å². The quantitative estimate of drug-likeness (QED) is 0.554. The number of thiophene rings is 1. The van der Waals surface area contributed by atoms with E-state index in [1.807, 2.05) is 55.6 Å². The summed E-state index contributed by atoms with van der Waals surface area (Å²) in [5.74, 6) is -0.858.